The third-order valence-corrected chi connectivity index (χ3v) is 6.11. The van der Waals surface area contributed by atoms with Gasteiger partial charge in [-0.05, 0) is 57.1 Å². The van der Waals surface area contributed by atoms with Crippen molar-refractivity contribution in [1.29, 1.82) is 0 Å². The molecule has 3 heterocycles. The molecule has 1 aromatic carbocycles. The minimum atomic E-state index is 0.515. The fraction of sp³-hybridized carbons (Fsp3) is 0.524. The number of imidazole rings is 1. The van der Waals surface area contributed by atoms with Gasteiger partial charge in [0.25, 0.3) is 0 Å². The van der Waals surface area contributed by atoms with Crippen LogP contribution < -0.4 is 4.90 Å². The van der Waals surface area contributed by atoms with Gasteiger partial charge in [-0.25, -0.2) is 4.98 Å². The molecule has 1 aliphatic rings. The summed E-state index contributed by atoms with van der Waals surface area (Å²) in [6.07, 6.45) is 4.45. The summed E-state index contributed by atoms with van der Waals surface area (Å²) in [6.45, 7) is 10.3. The number of hydrogen-bond acceptors (Lipinski definition) is 4. The quantitative estimate of drug-likeness (QED) is 0.541. The highest BCUT2D eigenvalue weighted by Gasteiger charge is 2.28. The van der Waals surface area contributed by atoms with E-state index in [2.05, 4.69) is 34.5 Å². The highest BCUT2D eigenvalue weighted by Crippen LogP contribution is 2.40. The number of aromatic nitrogens is 3. The second-order valence-corrected chi connectivity index (χ2v) is 7.85. The number of anilines is 2. The first-order chi connectivity index (χ1) is 13.1. The molecule has 2 aromatic heterocycles. The molecule has 0 radical (unpaired) electrons. The Morgan fingerprint density at radius 3 is 2.56 bits per heavy atom. The van der Waals surface area contributed by atoms with Gasteiger partial charge in [-0.3, -0.25) is 0 Å². The van der Waals surface area contributed by atoms with Crippen molar-refractivity contribution in [1.82, 2.24) is 14.7 Å². The van der Waals surface area contributed by atoms with Crippen LogP contribution in [-0.4, -0.2) is 21.3 Å². The first-order valence-electron chi connectivity index (χ1n) is 9.95. The standard InChI is InChI=1S/C21H27ClN4O/c1-5-15(6-2)16-9-10-17(22)18-20(16)26-12-8-7-11-25(21(26)23-18)19-13(3)24-27-14(19)4/h9-10,15H,5-8,11-12H2,1-4H3. The second-order valence-electron chi connectivity index (χ2n) is 7.44. The Kier molecular flexibility index (Phi) is 4.89. The molecule has 0 atom stereocenters. The Morgan fingerprint density at radius 2 is 1.89 bits per heavy atom. The molecule has 0 bridgehead atoms. The lowest BCUT2D eigenvalue weighted by Crippen LogP contribution is -2.21. The van der Waals surface area contributed by atoms with E-state index < -0.39 is 0 Å². The summed E-state index contributed by atoms with van der Waals surface area (Å²) in [5.41, 5.74) is 5.41. The zero-order chi connectivity index (χ0) is 19.1. The summed E-state index contributed by atoms with van der Waals surface area (Å²) < 4.78 is 7.81. The molecule has 0 unspecified atom stereocenters. The van der Waals surface area contributed by atoms with Gasteiger partial charge in [-0.15, -0.1) is 0 Å². The molecule has 0 saturated heterocycles. The molecule has 0 N–H and O–H groups in total. The lowest BCUT2D eigenvalue weighted by atomic mass is 9.93. The van der Waals surface area contributed by atoms with Crippen molar-refractivity contribution >= 4 is 34.3 Å². The molecule has 4 rings (SSSR count). The fourth-order valence-corrected chi connectivity index (χ4v) is 4.61. The van der Waals surface area contributed by atoms with Crippen LogP contribution in [0.2, 0.25) is 5.02 Å². The van der Waals surface area contributed by atoms with Crippen LogP contribution in [0.3, 0.4) is 0 Å². The summed E-state index contributed by atoms with van der Waals surface area (Å²) in [6, 6.07) is 4.20. The van der Waals surface area contributed by atoms with E-state index in [1.54, 1.807) is 0 Å². The molecule has 0 spiro atoms. The van der Waals surface area contributed by atoms with E-state index in [0.29, 0.717) is 5.92 Å². The van der Waals surface area contributed by atoms with Gasteiger partial charge < -0.3 is 14.0 Å². The summed E-state index contributed by atoms with van der Waals surface area (Å²) in [5, 5.41) is 4.88. The molecule has 1 aliphatic heterocycles. The van der Waals surface area contributed by atoms with E-state index in [1.165, 1.54) is 11.1 Å². The van der Waals surface area contributed by atoms with Crippen LogP contribution in [0.4, 0.5) is 11.6 Å². The van der Waals surface area contributed by atoms with E-state index in [0.717, 1.165) is 72.4 Å². The molecular weight excluding hydrogens is 360 g/mol. The van der Waals surface area contributed by atoms with Crippen LogP contribution in [0.15, 0.2) is 16.7 Å². The molecule has 0 fully saturated rings. The highest BCUT2D eigenvalue weighted by molar-refractivity contribution is 6.35. The normalized spacial score (nSPS) is 14.8. The van der Waals surface area contributed by atoms with Crippen molar-refractivity contribution in [3.05, 3.63) is 34.2 Å². The monoisotopic (exact) mass is 386 g/mol. The Hall–Kier alpha value is -2.01. The molecule has 27 heavy (non-hydrogen) atoms. The van der Waals surface area contributed by atoms with Crippen molar-refractivity contribution in [3.8, 4) is 0 Å². The third-order valence-electron chi connectivity index (χ3n) is 5.80. The van der Waals surface area contributed by atoms with Crippen molar-refractivity contribution in [2.24, 2.45) is 0 Å². The number of nitrogens with zero attached hydrogens (tertiary/aromatic N) is 4. The van der Waals surface area contributed by atoms with Crippen LogP contribution >= 0.6 is 11.6 Å². The molecule has 0 amide bonds. The average molecular weight is 387 g/mol. The minimum absolute atomic E-state index is 0.515. The highest BCUT2D eigenvalue weighted by atomic mass is 35.5. The van der Waals surface area contributed by atoms with Crippen LogP contribution in [-0.2, 0) is 6.54 Å². The predicted octanol–water partition coefficient (Wildman–Crippen LogP) is 6.13. The lowest BCUT2D eigenvalue weighted by molar-refractivity contribution is 0.393. The Morgan fingerprint density at radius 1 is 1.15 bits per heavy atom. The molecule has 5 nitrogen and oxygen atoms in total. The summed E-state index contributed by atoms with van der Waals surface area (Å²) >= 11 is 6.59. The van der Waals surface area contributed by atoms with Gasteiger partial charge in [0.15, 0.2) is 5.76 Å². The molecule has 0 aliphatic carbocycles. The van der Waals surface area contributed by atoms with Crippen LogP contribution in [0.5, 0.6) is 0 Å². The van der Waals surface area contributed by atoms with Crippen molar-refractivity contribution in [3.63, 3.8) is 0 Å². The number of benzene rings is 1. The number of rotatable bonds is 4. The van der Waals surface area contributed by atoms with Gasteiger partial charge in [0.05, 0.1) is 10.5 Å². The van der Waals surface area contributed by atoms with Gasteiger partial charge in [-0.1, -0.05) is 36.7 Å². The van der Waals surface area contributed by atoms with Crippen LogP contribution in [0, 0.1) is 13.8 Å². The molecule has 144 valence electrons. The molecular formula is C21H27ClN4O. The molecule has 6 heteroatoms. The topological polar surface area (TPSA) is 47.1 Å². The van der Waals surface area contributed by atoms with Crippen molar-refractivity contribution in [2.45, 2.75) is 65.8 Å². The Balaban J connectivity index is 1.99. The Bertz CT molecular complexity index is 951. The number of aryl methyl sites for hydroxylation is 3. The zero-order valence-electron chi connectivity index (χ0n) is 16.5. The summed E-state index contributed by atoms with van der Waals surface area (Å²) in [4.78, 5) is 7.30. The van der Waals surface area contributed by atoms with Crippen LogP contribution in [0.25, 0.3) is 11.0 Å². The fourth-order valence-electron chi connectivity index (χ4n) is 4.41. The van der Waals surface area contributed by atoms with Gasteiger partial charge in [-0.2, -0.15) is 0 Å². The lowest BCUT2D eigenvalue weighted by Gasteiger charge is -2.22. The number of fused-ring (bicyclic) bond motifs is 3. The summed E-state index contributed by atoms with van der Waals surface area (Å²) in [7, 11) is 0. The maximum atomic E-state index is 6.59. The minimum Gasteiger partial charge on any atom is -0.359 e. The molecule has 3 aromatic rings. The Labute approximate surface area is 165 Å². The van der Waals surface area contributed by atoms with Crippen LogP contribution in [0.1, 0.15) is 62.5 Å². The second kappa shape index (κ2) is 7.19. The predicted molar refractivity (Wildman–Crippen MR) is 110 cm³/mol. The van der Waals surface area contributed by atoms with Gasteiger partial charge >= 0.3 is 0 Å². The van der Waals surface area contributed by atoms with E-state index >= 15 is 0 Å². The first kappa shape index (κ1) is 18.4. The van der Waals surface area contributed by atoms with Gasteiger partial charge in [0, 0.05) is 13.1 Å². The van der Waals surface area contributed by atoms with Gasteiger partial charge in [0.1, 0.15) is 16.9 Å². The van der Waals surface area contributed by atoms with E-state index in [-0.39, 0.29) is 0 Å². The van der Waals surface area contributed by atoms with E-state index in [9.17, 15) is 0 Å². The third kappa shape index (κ3) is 2.92. The SMILES string of the molecule is CCC(CC)c1ccc(Cl)c2nc3n(c12)CCCCN3c1c(C)noc1C. The maximum absolute atomic E-state index is 6.59. The average Bonchev–Trinajstić information content (AvgIpc) is 3.13. The smallest absolute Gasteiger partial charge is 0.211 e. The zero-order valence-corrected chi connectivity index (χ0v) is 17.3. The maximum Gasteiger partial charge on any atom is 0.211 e. The van der Waals surface area contributed by atoms with Gasteiger partial charge in [0.2, 0.25) is 5.95 Å². The van der Waals surface area contributed by atoms with E-state index in [1.807, 2.05) is 19.9 Å². The first-order valence-corrected chi connectivity index (χ1v) is 10.3. The number of halogens is 1. The summed E-state index contributed by atoms with van der Waals surface area (Å²) in [5.74, 6) is 2.30. The van der Waals surface area contributed by atoms with Crippen molar-refractivity contribution < 1.29 is 4.52 Å². The van der Waals surface area contributed by atoms with E-state index in [4.69, 9.17) is 21.1 Å². The molecule has 0 saturated carbocycles. The largest absolute Gasteiger partial charge is 0.359 e. The number of hydrogen-bond donors (Lipinski definition) is 0. The van der Waals surface area contributed by atoms with Crippen molar-refractivity contribution in [2.75, 3.05) is 11.4 Å².